The molecular weight excluding hydrogens is 350 g/mol. The van der Waals surface area contributed by atoms with Gasteiger partial charge in [0.05, 0.1) is 31.6 Å². The Kier molecular flexibility index (Phi) is 5.48. The Hall–Kier alpha value is -2.45. The number of carbonyl (C=O) groups is 3. The number of hydrogen-bond donors (Lipinski definition) is 3. The minimum Gasteiger partial charge on any atom is -0.481 e. The molecule has 2 amide bonds. The average molecular weight is 375 g/mol. The van der Waals surface area contributed by atoms with Crippen LogP contribution in [0.2, 0.25) is 0 Å². The van der Waals surface area contributed by atoms with Gasteiger partial charge in [-0.1, -0.05) is 13.8 Å². The van der Waals surface area contributed by atoms with Crippen LogP contribution in [0, 0.1) is 17.3 Å². The maximum absolute atomic E-state index is 12.3. The predicted molar refractivity (Wildman–Crippen MR) is 99.4 cm³/mol. The zero-order valence-electron chi connectivity index (χ0n) is 15.5. The number of carboxylic acid groups (broad SMARTS) is 1. The first kappa shape index (κ1) is 19.3. The highest BCUT2D eigenvalue weighted by molar-refractivity contribution is 6.00. The number of amides is 2. The van der Waals surface area contributed by atoms with Crippen molar-refractivity contribution in [2.24, 2.45) is 17.3 Å². The van der Waals surface area contributed by atoms with Crippen molar-refractivity contribution in [2.45, 2.75) is 13.8 Å². The van der Waals surface area contributed by atoms with Crippen LogP contribution in [0.3, 0.4) is 0 Å². The molecule has 1 aliphatic carbocycles. The van der Waals surface area contributed by atoms with E-state index >= 15 is 0 Å². The van der Waals surface area contributed by atoms with Crippen LogP contribution in [0.25, 0.3) is 0 Å². The first-order chi connectivity index (χ1) is 12.8. The van der Waals surface area contributed by atoms with Gasteiger partial charge in [-0.2, -0.15) is 0 Å². The molecule has 27 heavy (non-hydrogen) atoms. The highest BCUT2D eigenvalue weighted by Crippen LogP contribution is 2.58. The third-order valence-corrected chi connectivity index (χ3v) is 5.28. The van der Waals surface area contributed by atoms with Crippen molar-refractivity contribution in [3.05, 3.63) is 24.3 Å². The molecule has 0 unspecified atom stereocenters. The highest BCUT2D eigenvalue weighted by Gasteiger charge is 2.65. The van der Waals surface area contributed by atoms with Crippen LogP contribution in [0.5, 0.6) is 0 Å². The fourth-order valence-electron chi connectivity index (χ4n) is 3.61. The molecule has 146 valence electrons. The molecule has 1 saturated carbocycles. The van der Waals surface area contributed by atoms with Crippen molar-refractivity contribution < 1.29 is 24.2 Å². The molecule has 0 spiro atoms. The second-order valence-electron chi connectivity index (χ2n) is 7.62. The number of morpholine rings is 1. The van der Waals surface area contributed by atoms with E-state index in [-0.39, 0.29) is 11.8 Å². The van der Waals surface area contributed by atoms with Crippen molar-refractivity contribution >= 4 is 29.2 Å². The summed E-state index contributed by atoms with van der Waals surface area (Å²) in [5, 5.41) is 14.8. The van der Waals surface area contributed by atoms with E-state index in [2.05, 4.69) is 10.6 Å². The van der Waals surface area contributed by atoms with Gasteiger partial charge >= 0.3 is 5.97 Å². The number of rotatable bonds is 6. The molecule has 8 nitrogen and oxygen atoms in total. The van der Waals surface area contributed by atoms with Crippen LogP contribution in [-0.4, -0.2) is 60.6 Å². The normalized spacial score (nSPS) is 24.1. The minimum atomic E-state index is -0.946. The SMILES string of the molecule is CC1(C)[C@H](C(=O)Nc2ccc(NC(=O)CN3CCOCC3)cc2)[C@@H]1C(=O)O. The van der Waals surface area contributed by atoms with Crippen LogP contribution < -0.4 is 10.6 Å². The maximum Gasteiger partial charge on any atom is 0.307 e. The van der Waals surface area contributed by atoms with Crippen molar-refractivity contribution in [1.82, 2.24) is 4.90 Å². The summed E-state index contributed by atoms with van der Waals surface area (Å²) in [7, 11) is 0. The molecule has 1 saturated heterocycles. The van der Waals surface area contributed by atoms with Gasteiger partial charge in [0, 0.05) is 24.5 Å². The molecule has 2 aliphatic rings. The summed E-state index contributed by atoms with van der Waals surface area (Å²) in [6.07, 6.45) is 0. The Labute approximate surface area is 157 Å². The summed E-state index contributed by atoms with van der Waals surface area (Å²) in [4.78, 5) is 37.7. The van der Waals surface area contributed by atoms with Crippen LogP contribution in [-0.2, 0) is 19.1 Å². The number of hydrogen-bond acceptors (Lipinski definition) is 5. The Morgan fingerprint density at radius 3 is 2.15 bits per heavy atom. The third kappa shape index (κ3) is 4.45. The number of ether oxygens (including phenoxy) is 1. The first-order valence-corrected chi connectivity index (χ1v) is 9.02. The highest BCUT2D eigenvalue weighted by atomic mass is 16.5. The topological polar surface area (TPSA) is 108 Å². The summed E-state index contributed by atoms with van der Waals surface area (Å²) in [6.45, 7) is 6.65. The second kappa shape index (κ2) is 7.66. The molecule has 2 fully saturated rings. The largest absolute Gasteiger partial charge is 0.481 e. The molecule has 3 N–H and O–H groups in total. The summed E-state index contributed by atoms with van der Waals surface area (Å²) in [5.74, 6) is -2.54. The fraction of sp³-hybridized carbons (Fsp3) is 0.526. The third-order valence-electron chi connectivity index (χ3n) is 5.28. The van der Waals surface area contributed by atoms with E-state index < -0.39 is 23.2 Å². The standard InChI is InChI=1S/C19H25N3O5/c1-19(2)15(16(19)18(25)26)17(24)21-13-5-3-12(4-6-13)20-14(23)11-22-7-9-27-10-8-22/h3-6,15-16H,7-11H2,1-2H3,(H,20,23)(H,21,24)(H,25,26)/t15-,16+/m0/s1. The first-order valence-electron chi connectivity index (χ1n) is 9.02. The van der Waals surface area contributed by atoms with Gasteiger partial charge in [-0.25, -0.2) is 0 Å². The zero-order valence-corrected chi connectivity index (χ0v) is 15.5. The van der Waals surface area contributed by atoms with E-state index in [0.717, 1.165) is 13.1 Å². The molecule has 1 aromatic carbocycles. The lowest BCUT2D eigenvalue weighted by Gasteiger charge is -2.25. The van der Waals surface area contributed by atoms with Gasteiger partial charge < -0.3 is 20.5 Å². The van der Waals surface area contributed by atoms with Crippen LogP contribution >= 0.6 is 0 Å². The second-order valence-corrected chi connectivity index (χ2v) is 7.62. The Balaban J connectivity index is 1.51. The van der Waals surface area contributed by atoms with Crippen molar-refractivity contribution in [3.63, 3.8) is 0 Å². The van der Waals surface area contributed by atoms with Gasteiger partial charge in [0.1, 0.15) is 0 Å². The van der Waals surface area contributed by atoms with Crippen molar-refractivity contribution in [3.8, 4) is 0 Å². The van der Waals surface area contributed by atoms with E-state index in [1.807, 2.05) is 4.90 Å². The van der Waals surface area contributed by atoms with E-state index in [4.69, 9.17) is 4.74 Å². The molecule has 0 aromatic heterocycles. The number of nitrogens with zero attached hydrogens (tertiary/aromatic N) is 1. The number of carbonyl (C=O) groups excluding carboxylic acids is 2. The van der Waals surface area contributed by atoms with Gasteiger partial charge in [0.25, 0.3) is 0 Å². The lowest BCUT2D eigenvalue weighted by Crippen LogP contribution is -2.41. The average Bonchev–Trinajstić information content (AvgIpc) is 3.20. The van der Waals surface area contributed by atoms with Crippen LogP contribution in [0.4, 0.5) is 11.4 Å². The monoisotopic (exact) mass is 375 g/mol. The number of nitrogens with one attached hydrogen (secondary N) is 2. The van der Waals surface area contributed by atoms with E-state index in [1.54, 1.807) is 38.1 Å². The molecule has 3 rings (SSSR count). The molecule has 1 heterocycles. The zero-order chi connectivity index (χ0) is 19.6. The van der Waals surface area contributed by atoms with Gasteiger partial charge in [-0.15, -0.1) is 0 Å². The molecule has 0 bridgehead atoms. The number of carboxylic acids is 1. The Bertz CT molecular complexity index is 725. The van der Waals surface area contributed by atoms with Gasteiger partial charge in [0.2, 0.25) is 11.8 Å². The Morgan fingerprint density at radius 1 is 1.07 bits per heavy atom. The quantitative estimate of drug-likeness (QED) is 0.691. The summed E-state index contributed by atoms with van der Waals surface area (Å²) >= 11 is 0. The van der Waals surface area contributed by atoms with E-state index in [9.17, 15) is 19.5 Å². The van der Waals surface area contributed by atoms with Gasteiger partial charge in [-0.05, 0) is 29.7 Å². The van der Waals surface area contributed by atoms with Crippen molar-refractivity contribution in [1.29, 1.82) is 0 Å². The molecular formula is C19H25N3O5. The lowest BCUT2D eigenvalue weighted by molar-refractivity contribution is -0.140. The summed E-state index contributed by atoms with van der Waals surface area (Å²) < 4.78 is 5.26. The fourth-order valence-corrected chi connectivity index (χ4v) is 3.61. The van der Waals surface area contributed by atoms with Crippen molar-refractivity contribution in [2.75, 3.05) is 43.5 Å². The molecule has 0 radical (unpaired) electrons. The molecule has 2 atom stereocenters. The minimum absolute atomic E-state index is 0.0993. The van der Waals surface area contributed by atoms with Crippen LogP contribution in [0.1, 0.15) is 13.8 Å². The van der Waals surface area contributed by atoms with E-state index in [0.29, 0.717) is 31.1 Å². The van der Waals surface area contributed by atoms with Gasteiger partial charge in [0.15, 0.2) is 0 Å². The summed E-state index contributed by atoms with van der Waals surface area (Å²) in [5.41, 5.74) is 0.669. The summed E-state index contributed by atoms with van der Waals surface area (Å²) in [6, 6.07) is 6.79. The predicted octanol–water partition coefficient (Wildman–Crippen LogP) is 1.25. The molecule has 1 aliphatic heterocycles. The maximum atomic E-state index is 12.3. The molecule has 1 aromatic rings. The number of anilines is 2. The van der Waals surface area contributed by atoms with Crippen LogP contribution in [0.15, 0.2) is 24.3 Å². The van der Waals surface area contributed by atoms with E-state index in [1.165, 1.54) is 0 Å². The Morgan fingerprint density at radius 2 is 1.63 bits per heavy atom. The van der Waals surface area contributed by atoms with Gasteiger partial charge in [-0.3, -0.25) is 19.3 Å². The molecule has 8 heteroatoms. The smallest absolute Gasteiger partial charge is 0.307 e. The number of benzene rings is 1. The number of aliphatic carboxylic acids is 1. The lowest BCUT2D eigenvalue weighted by atomic mass is 10.1.